The number of nitrogens with one attached hydrogen (secondary N) is 2. The maximum Gasteiger partial charge on any atom is 0.135 e. The average Bonchev–Trinajstić information content (AvgIpc) is 2.51. The van der Waals surface area contributed by atoms with Crippen LogP contribution in [-0.4, -0.2) is 22.2 Å². The van der Waals surface area contributed by atoms with Crippen molar-refractivity contribution < 1.29 is 4.39 Å². The fraction of sp³-hybridized carbons (Fsp3) is 0.0769. The van der Waals surface area contributed by atoms with Gasteiger partial charge in [0.15, 0.2) is 0 Å². The molecule has 4 nitrogen and oxygen atoms in total. The first-order valence-corrected chi connectivity index (χ1v) is 6.36. The molecular formula is C13H12BrFN4. The summed E-state index contributed by atoms with van der Waals surface area (Å²) in [6.45, 7) is 0. The minimum absolute atomic E-state index is 0.278. The summed E-state index contributed by atoms with van der Waals surface area (Å²) in [5.41, 5.74) is 2.37. The zero-order valence-corrected chi connectivity index (χ0v) is 11.8. The van der Waals surface area contributed by atoms with Crippen LogP contribution in [0.4, 0.5) is 10.1 Å². The van der Waals surface area contributed by atoms with Gasteiger partial charge in [0.1, 0.15) is 12.1 Å². The van der Waals surface area contributed by atoms with Crippen molar-refractivity contribution >= 4 is 21.6 Å². The number of aromatic amines is 1. The molecule has 0 aliphatic carbocycles. The first-order chi connectivity index (χ1) is 9.22. The number of H-pyrrole nitrogens is 1. The lowest BCUT2D eigenvalue weighted by Gasteiger charge is -2.06. The Morgan fingerprint density at radius 1 is 1.21 bits per heavy atom. The highest BCUT2D eigenvalue weighted by molar-refractivity contribution is 9.10. The van der Waals surface area contributed by atoms with Gasteiger partial charge >= 0.3 is 0 Å². The van der Waals surface area contributed by atoms with E-state index < -0.39 is 0 Å². The van der Waals surface area contributed by atoms with Gasteiger partial charge in [0.2, 0.25) is 0 Å². The van der Waals surface area contributed by atoms with Crippen LogP contribution in [0, 0.1) is 5.82 Å². The van der Waals surface area contributed by atoms with Crippen LogP contribution in [0.5, 0.6) is 0 Å². The fourth-order valence-corrected chi connectivity index (χ4v) is 2.19. The van der Waals surface area contributed by atoms with Crippen LogP contribution in [0.3, 0.4) is 0 Å². The monoisotopic (exact) mass is 322 g/mol. The third-order valence-electron chi connectivity index (χ3n) is 2.49. The molecule has 0 saturated carbocycles. The number of benzene rings is 1. The average molecular weight is 323 g/mol. The SMILES string of the molecule is CNc1ccncn[nH]c(-c2ccc(F)cc2)c1Br. The Kier molecular flexibility index (Phi) is 4.46. The number of rotatable bonds is 2. The summed E-state index contributed by atoms with van der Waals surface area (Å²) in [6.07, 6.45) is 3.03. The predicted molar refractivity (Wildman–Crippen MR) is 76.7 cm³/mol. The molecule has 0 atom stereocenters. The summed E-state index contributed by atoms with van der Waals surface area (Å²) in [4.78, 5) is 3.96. The Bertz CT molecular complexity index is 608. The molecule has 0 aliphatic rings. The first-order valence-electron chi connectivity index (χ1n) is 5.57. The predicted octanol–water partition coefficient (Wildman–Crippen LogP) is 3.54. The molecule has 2 N–H and O–H groups in total. The number of hydrogen-bond acceptors (Lipinski definition) is 3. The van der Waals surface area contributed by atoms with E-state index in [1.807, 2.05) is 13.1 Å². The Morgan fingerprint density at radius 3 is 2.63 bits per heavy atom. The van der Waals surface area contributed by atoms with E-state index in [0.29, 0.717) is 0 Å². The molecule has 1 aromatic carbocycles. The number of anilines is 1. The Labute approximate surface area is 118 Å². The highest BCUT2D eigenvalue weighted by Crippen LogP contribution is 2.30. The van der Waals surface area contributed by atoms with E-state index in [2.05, 4.69) is 36.4 Å². The van der Waals surface area contributed by atoms with Crippen molar-refractivity contribution in [2.45, 2.75) is 0 Å². The van der Waals surface area contributed by atoms with Crippen LogP contribution < -0.4 is 5.32 Å². The molecule has 0 bridgehead atoms. The summed E-state index contributed by atoms with van der Waals surface area (Å²) in [7, 11) is 1.81. The lowest BCUT2D eigenvalue weighted by molar-refractivity contribution is 0.628. The van der Waals surface area contributed by atoms with E-state index >= 15 is 0 Å². The van der Waals surface area contributed by atoms with E-state index in [9.17, 15) is 4.39 Å². The second-order valence-electron chi connectivity index (χ2n) is 3.68. The van der Waals surface area contributed by atoms with Crippen molar-refractivity contribution in [3.8, 4) is 11.3 Å². The molecule has 0 aliphatic heterocycles. The molecule has 0 fully saturated rings. The van der Waals surface area contributed by atoms with Crippen LogP contribution in [-0.2, 0) is 0 Å². The van der Waals surface area contributed by atoms with E-state index in [4.69, 9.17) is 0 Å². The lowest BCUT2D eigenvalue weighted by atomic mass is 10.1. The molecule has 0 saturated heterocycles. The minimum atomic E-state index is -0.278. The lowest BCUT2D eigenvalue weighted by Crippen LogP contribution is -1.91. The summed E-state index contributed by atoms with van der Waals surface area (Å²) in [6, 6.07) is 7.98. The summed E-state index contributed by atoms with van der Waals surface area (Å²) in [5, 5.41) is 9.93. The Hall–Kier alpha value is -1.95. The number of hydrogen-bond donors (Lipinski definition) is 2. The quantitative estimate of drug-likeness (QED) is 0.889. The van der Waals surface area contributed by atoms with Gasteiger partial charge in [-0.2, -0.15) is 5.10 Å². The Morgan fingerprint density at radius 2 is 1.95 bits per heavy atom. The molecule has 2 rings (SSSR count). The maximum absolute atomic E-state index is 13.0. The van der Waals surface area contributed by atoms with E-state index in [0.717, 1.165) is 21.4 Å². The molecule has 98 valence electrons. The summed E-state index contributed by atoms with van der Waals surface area (Å²) in [5.74, 6) is -0.278. The van der Waals surface area contributed by atoms with Crippen molar-refractivity contribution in [2.24, 2.45) is 0 Å². The highest BCUT2D eigenvalue weighted by Gasteiger charge is 2.06. The zero-order chi connectivity index (χ0) is 13.7. The molecular weight excluding hydrogens is 311 g/mol. The van der Waals surface area contributed by atoms with Crippen molar-refractivity contribution in [3.05, 3.63) is 53.1 Å². The first kappa shape index (κ1) is 13.5. The van der Waals surface area contributed by atoms with Crippen molar-refractivity contribution in [3.63, 3.8) is 0 Å². The normalized spacial score (nSPS) is 9.84. The van der Waals surface area contributed by atoms with Crippen LogP contribution in [0.15, 0.2) is 47.3 Å². The topological polar surface area (TPSA) is 53.6 Å². The van der Waals surface area contributed by atoms with E-state index in [-0.39, 0.29) is 5.82 Å². The third-order valence-corrected chi connectivity index (χ3v) is 3.31. The summed E-state index contributed by atoms with van der Waals surface area (Å²) >= 11 is 3.51. The van der Waals surface area contributed by atoms with Crippen molar-refractivity contribution in [2.75, 3.05) is 12.4 Å². The van der Waals surface area contributed by atoms with E-state index in [1.165, 1.54) is 18.5 Å². The van der Waals surface area contributed by atoms with Crippen LogP contribution in [0.1, 0.15) is 0 Å². The fourth-order valence-electron chi connectivity index (χ4n) is 1.54. The zero-order valence-electron chi connectivity index (χ0n) is 10.2. The molecule has 6 heteroatoms. The van der Waals surface area contributed by atoms with Gasteiger partial charge in [-0.1, -0.05) is 0 Å². The molecule has 1 heterocycles. The van der Waals surface area contributed by atoms with Crippen molar-refractivity contribution in [1.82, 2.24) is 15.2 Å². The van der Waals surface area contributed by atoms with Crippen LogP contribution >= 0.6 is 15.9 Å². The van der Waals surface area contributed by atoms with Gasteiger partial charge in [-0.3, -0.25) is 5.10 Å². The second-order valence-corrected chi connectivity index (χ2v) is 4.47. The molecule has 0 spiro atoms. The van der Waals surface area contributed by atoms with Crippen LogP contribution in [0.25, 0.3) is 11.3 Å². The number of nitrogens with zero attached hydrogens (tertiary/aromatic N) is 2. The van der Waals surface area contributed by atoms with Gasteiger partial charge in [-0.25, -0.2) is 9.37 Å². The standard InChI is InChI=1S/C13H12BrFN4/c1-16-11-6-7-17-8-18-19-13(12(11)14)9-2-4-10(15)5-3-9/h2-8,16,19H,1H3. The van der Waals surface area contributed by atoms with Gasteiger partial charge in [-0.15, -0.1) is 0 Å². The smallest absolute Gasteiger partial charge is 0.135 e. The van der Waals surface area contributed by atoms with Gasteiger partial charge < -0.3 is 5.32 Å². The maximum atomic E-state index is 13.0. The molecule has 0 unspecified atom stereocenters. The highest BCUT2D eigenvalue weighted by atomic mass is 79.9. The minimum Gasteiger partial charge on any atom is -0.387 e. The van der Waals surface area contributed by atoms with Crippen molar-refractivity contribution in [1.29, 1.82) is 0 Å². The van der Waals surface area contributed by atoms with Gasteiger partial charge in [-0.05, 0) is 46.3 Å². The number of halogens is 2. The van der Waals surface area contributed by atoms with E-state index in [1.54, 1.807) is 18.3 Å². The third kappa shape index (κ3) is 3.29. The van der Waals surface area contributed by atoms with Crippen LogP contribution in [0.2, 0.25) is 0 Å². The molecule has 0 radical (unpaired) electrons. The number of aromatic nitrogens is 3. The molecule has 19 heavy (non-hydrogen) atoms. The van der Waals surface area contributed by atoms with Gasteiger partial charge in [0.25, 0.3) is 0 Å². The molecule has 1 aromatic heterocycles. The largest absolute Gasteiger partial charge is 0.387 e. The van der Waals surface area contributed by atoms with Gasteiger partial charge in [0.05, 0.1) is 15.9 Å². The summed E-state index contributed by atoms with van der Waals surface area (Å²) < 4.78 is 13.8. The Balaban J connectivity index is 2.69. The molecule has 0 amide bonds. The van der Waals surface area contributed by atoms with Gasteiger partial charge in [0, 0.05) is 18.8 Å². The second kappa shape index (κ2) is 6.29. The molecule has 2 aromatic rings.